The van der Waals surface area contributed by atoms with Crippen molar-refractivity contribution >= 4 is 11.6 Å². The highest BCUT2D eigenvalue weighted by Crippen LogP contribution is 2.22. The van der Waals surface area contributed by atoms with Crippen molar-refractivity contribution < 1.29 is 14.2 Å². The fraction of sp³-hybridized carbons (Fsp3) is 0.625. The molecule has 0 fully saturated rings. The normalized spacial score (nSPS) is 10.8. The second-order valence-corrected chi connectivity index (χ2v) is 5.17. The van der Waals surface area contributed by atoms with Gasteiger partial charge in [-0.05, 0) is 37.6 Å². The lowest BCUT2D eigenvalue weighted by molar-refractivity contribution is 0.0804. The Kier molecular flexibility index (Phi) is 10.3. The van der Waals surface area contributed by atoms with Gasteiger partial charge in [-0.2, -0.15) is 0 Å². The third kappa shape index (κ3) is 8.27. The molecule has 4 nitrogen and oxygen atoms in total. The van der Waals surface area contributed by atoms with Crippen LogP contribution in [0, 0.1) is 0 Å². The van der Waals surface area contributed by atoms with Crippen molar-refractivity contribution in [3.8, 4) is 5.75 Å². The van der Waals surface area contributed by atoms with Crippen LogP contribution in [0.2, 0.25) is 5.02 Å². The van der Waals surface area contributed by atoms with Gasteiger partial charge in [-0.3, -0.25) is 0 Å². The molecule has 1 aromatic carbocycles. The lowest BCUT2D eigenvalue weighted by Crippen LogP contribution is -2.15. The zero-order valence-electron chi connectivity index (χ0n) is 13.0. The molecule has 0 saturated heterocycles. The van der Waals surface area contributed by atoms with Crippen LogP contribution in [0.3, 0.4) is 0 Å². The molecule has 0 aliphatic rings. The summed E-state index contributed by atoms with van der Waals surface area (Å²) in [6.45, 7) is 6.42. The van der Waals surface area contributed by atoms with Crippen LogP contribution < -0.4 is 10.1 Å². The van der Waals surface area contributed by atoms with Crippen LogP contribution in [0.1, 0.15) is 25.3 Å². The molecule has 0 aromatic heterocycles. The predicted molar refractivity (Wildman–Crippen MR) is 86.3 cm³/mol. The smallest absolute Gasteiger partial charge is 0.124 e. The predicted octanol–water partition coefficient (Wildman–Crippen LogP) is 3.27. The molecule has 21 heavy (non-hydrogen) atoms. The van der Waals surface area contributed by atoms with E-state index in [1.54, 1.807) is 7.11 Å². The summed E-state index contributed by atoms with van der Waals surface area (Å²) >= 11 is 6.04. The molecule has 0 atom stereocenters. The van der Waals surface area contributed by atoms with Crippen molar-refractivity contribution in [2.45, 2.75) is 26.3 Å². The molecule has 0 saturated carbocycles. The van der Waals surface area contributed by atoms with Gasteiger partial charge in [0.15, 0.2) is 0 Å². The molecule has 0 bridgehead atoms. The molecule has 1 N–H and O–H groups in total. The molecule has 120 valence electrons. The number of rotatable bonds is 12. The van der Waals surface area contributed by atoms with Gasteiger partial charge in [0.1, 0.15) is 12.4 Å². The van der Waals surface area contributed by atoms with Gasteiger partial charge < -0.3 is 19.5 Å². The maximum atomic E-state index is 6.04. The average molecular weight is 316 g/mol. The van der Waals surface area contributed by atoms with Crippen molar-refractivity contribution in [2.24, 2.45) is 0 Å². The minimum atomic E-state index is 0.537. The van der Waals surface area contributed by atoms with E-state index in [0.29, 0.717) is 19.8 Å². The molecule has 0 spiro atoms. The van der Waals surface area contributed by atoms with Crippen LogP contribution in [0.5, 0.6) is 5.75 Å². The molecule has 5 heteroatoms. The quantitative estimate of drug-likeness (QED) is 0.601. The van der Waals surface area contributed by atoms with Crippen LogP contribution in [-0.4, -0.2) is 40.1 Å². The minimum Gasteiger partial charge on any atom is -0.491 e. The van der Waals surface area contributed by atoms with Gasteiger partial charge in [-0.25, -0.2) is 0 Å². The Hall–Kier alpha value is -0.810. The van der Waals surface area contributed by atoms with Gasteiger partial charge >= 0.3 is 0 Å². The molecule has 0 amide bonds. The Morgan fingerprint density at radius 3 is 2.76 bits per heavy atom. The number of hydrogen-bond donors (Lipinski definition) is 1. The van der Waals surface area contributed by atoms with Gasteiger partial charge in [0.05, 0.1) is 6.61 Å². The standard InChI is InChI=1S/C16H26ClNO3/c1-3-7-18-13-14-12-15(17)5-6-16(14)21-11-10-20-9-4-8-19-2/h5-6,12,18H,3-4,7-11,13H2,1-2H3. The second kappa shape index (κ2) is 11.8. The van der Waals surface area contributed by atoms with E-state index in [9.17, 15) is 0 Å². The Labute approximate surface area is 132 Å². The van der Waals surface area contributed by atoms with E-state index >= 15 is 0 Å². The Morgan fingerprint density at radius 1 is 1.14 bits per heavy atom. The fourth-order valence-electron chi connectivity index (χ4n) is 1.84. The van der Waals surface area contributed by atoms with Crippen molar-refractivity contribution in [3.05, 3.63) is 28.8 Å². The fourth-order valence-corrected chi connectivity index (χ4v) is 2.04. The molecule has 0 radical (unpaired) electrons. The first-order valence-corrected chi connectivity index (χ1v) is 7.84. The zero-order chi connectivity index (χ0) is 15.3. The number of methoxy groups -OCH3 is 1. The van der Waals surface area contributed by atoms with E-state index in [-0.39, 0.29) is 0 Å². The number of benzene rings is 1. The second-order valence-electron chi connectivity index (χ2n) is 4.74. The summed E-state index contributed by atoms with van der Waals surface area (Å²) in [5.74, 6) is 0.864. The molecular formula is C16H26ClNO3. The van der Waals surface area contributed by atoms with Crippen LogP contribution in [0.25, 0.3) is 0 Å². The average Bonchev–Trinajstić information content (AvgIpc) is 2.48. The molecule has 1 rings (SSSR count). The molecular weight excluding hydrogens is 290 g/mol. The number of ether oxygens (including phenoxy) is 3. The summed E-state index contributed by atoms with van der Waals surface area (Å²) in [6, 6.07) is 5.70. The van der Waals surface area contributed by atoms with E-state index in [4.69, 9.17) is 25.8 Å². The highest BCUT2D eigenvalue weighted by Gasteiger charge is 2.04. The summed E-state index contributed by atoms with van der Waals surface area (Å²) in [4.78, 5) is 0. The van der Waals surface area contributed by atoms with E-state index in [1.807, 2.05) is 18.2 Å². The van der Waals surface area contributed by atoms with Crippen LogP contribution in [-0.2, 0) is 16.0 Å². The van der Waals surface area contributed by atoms with Gasteiger partial charge in [0.2, 0.25) is 0 Å². The van der Waals surface area contributed by atoms with E-state index in [0.717, 1.165) is 48.9 Å². The summed E-state index contributed by atoms with van der Waals surface area (Å²) in [5, 5.41) is 4.09. The first-order valence-electron chi connectivity index (χ1n) is 7.46. The minimum absolute atomic E-state index is 0.537. The first kappa shape index (κ1) is 18.2. The van der Waals surface area contributed by atoms with Gasteiger partial charge in [-0.15, -0.1) is 0 Å². The topological polar surface area (TPSA) is 39.7 Å². The first-order chi connectivity index (χ1) is 10.3. The molecule has 0 aliphatic heterocycles. The molecule has 0 aliphatic carbocycles. The molecule has 0 heterocycles. The Morgan fingerprint density at radius 2 is 2.00 bits per heavy atom. The van der Waals surface area contributed by atoms with E-state index < -0.39 is 0 Å². The van der Waals surface area contributed by atoms with Crippen molar-refractivity contribution in [2.75, 3.05) is 40.1 Å². The zero-order valence-corrected chi connectivity index (χ0v) is 13.7. The molecule has 1 aromatic rings. The lowest BCUT2D eigenvalue weighted by atomic mass is 10.2. The van der Waals surface area contributed by atoms with Crippen LogP contribution in [0.15, 0.2) is 18.2 Å². The summed E-state index contributed by atoms with van der Waals surface area (Å²) in [7, 11) is 1.69. The van der Waals surface area contributed by atoms with Crippen LogP contribution in [0.4, 0.5) is 0 Å². The Bertz CT molecular complexity index is 388. The highest BCUT2D eigenvalue weighted by molar-refractivity contribution is 6.30. The van der Waals surface area contributed by atoms with Gasteiger partial charge in [-0.1, -0.05) is 18.5 Å². The molecule has 0 unspecified atom stereocenters. The summed E-state index contributed by atoms with van der Waals surface area (Å²) < 4.78 is 16.2. The Balaban J connectivity index is 2.32. The van der Waals surface area contributed by atoms with Gasteiger partial charge in [0, 0.05) is 37.5 Å². The van der Waals surface area contributed by atoms with Crippen molar-refractivity contribution in [1.82, 2.24) is 5.32 Å². The summed E-state index contributed by atoms with van der Waals surface area (Å²) in [6.07, 6.45) is 2.01. The number of halogens is 1. The number of nitrogens with one attached hydrogen (secondary N) is 1. The maximum Gasteiger partial charge on any atom is 0.124 e. The maximum absolute atomic E-state index is 6.04. The SMILES string of the molecule is CCCNCc1cc(Cl)ccc1OCCOCCCOC. The number of hydrogen-bond acceptors (Lipinski definition) is 4. The van der Waals surface area contributed by atoms with E-state index in [2.05, 4.69) is 12.2 Å². The van der Waals surface area contributed by atoms with E-state index in [1.165, 1.54) is 0 Å². The third-order valence-electron chi connectivity index (χ3n) is 2.89. The monoisotopic (exact) mass is 315 g/mol. The lowest BCUT2D eigenvalue weighted by Gasteiger charge is -2.13. The van der Waals surface area contributed by atoms with Crippen LogP contribution >= 0.6 is 11.6 Å². The third-order valence-corrected chi connectivity index (χ3v) is 3.12. The highest BCUT2D eigenvalue weighted by atomic mass is 35.5. The van der Waals surface area contributed by atoms with Crippen molar-refractivity contribution in [1.29, 1.82) is 0 Å². The van der Waals surface area contributed by atoms with Gasteiger partial charge in [0.25, 0.3) is 0 Å². The summed E-state index contributed by atoms with van der Waals surface area (Å²) in [5.41, 5.74) is 1.08. The largest absolute Gasteiger partial charge is 0.491 e. The van der Waals surface area contributed by atoms with Crippen molar-refractivity contribution in [3.63, 3.8) is 0 Å².